The predicted octanol–water partition coefficient (Wildman–Crippen LogP) is 3.17. The minimum absolute atomic E-state index is 0.110. The Bertz CT molecular complexity index is 609. The zero-order valence-electron chi connectivity index (χ0n) is 11.9. The van der Waals surface area contributed by atoms with Gasteiger partial charge in [-0.15, -0.1) is 0 Å². The number of benzene rings is 1. The fraction of sp³-hybridized carbons (Fsp3) is 0.333. The van der Waals surface area contributed by atoms with Gasteiger partial charge in [0.2, 0.25) is 5.88 Å². The average Bonchev–Trinajstić information content (AvgIpc) is 2.49. The fourth-order valence-electron chi connectivity index (χ4n) is 2.15. The summed E-state index contributed by atoms with van der Waals surface area (Å²) in [6.07, 6.45) is 3.77. The molecular weight excluding hydrogens is 293 g/mol. The molecule has 0 saturated carbocycles. The number of ether oxygens (including phenoxy) is 1. The van der Waals surface area contributed by atoms with E-state index in [1.165, 1.54) is 12.1 Å². The van der Waals surface area contributed by atoms with Crippen LogP contribution in [0.4, 0.5) is 4.39 Å². The number of hydrogen-bond acceptors (Lipinski definition) is 4. The van der Waals surface area contributed by atoms with Gasteiger partial charge in [-0.25, -0.2) is 9.37 Å². The third-order valence-corrected chi connectivity index (χ3v) is 3.46. The third-order valence-electron chi connectivity index (χ3n) is 3.10. The first-order chi connectivity index (χ1) is 10.2. The maximum atomic E-state index is 13.1. The van der Waals surface area contributed by atoms with Crippen molar-refractivity contribution in [3.05, 3.63) is 52.7 Å². The van der Waals surface area contributed by atoms with Crippen LogP contribution in [-0.4, -0.2) is 23.6 Å². The number of likely N-dealkylation sites (N-methyl/N-ethyl adjacent to an activating group) is 1. The van der Waals surface area contributed by atoms with Crippen LogP contribution in [0.5, 0.6) is 5.88 Å². The van der Waals surface area contributed by atoms with Crippen molar-refractivity contribution >= 4 is 11.6 Å². The van der Waals surface area contributed by atoms with E-state index in [1.54, 1.807) is 25.6 Å². The molecular formula is C15H17ClFN3O. The van der Waals surface area contributed by atoms with E-state index in [0.29, 0.717) is 23.0 Å². The highest BCUT2D eigenvalue weighted by molar-refractivity contribution is 6.31. The van der Waals surface area contributed by atoms with Gasteiger partial charge in [0.15, 0.2) is 0 Å². The lowest BCUT2D eigenvalue weighted by atomic mass is 10.0. The molecule has 21 heavy (non-hydrogen) atoms. The maximum absolute atomic E-state index is 13.1. The smallest absolute Gasteiger partial charge is 0.237 e. The van der Waals surface area contributed by atoms with Gasteiger partial charge in [-0.1, -0.05) is 24.6 Å². The molecule has 0 aliphatic rings. The second-order valence-corrected chi connectivity index (χ2v) is 4.91. The van der Waals surface area contributed by atoms with Gasteiger partial charge < -0.3 is 10.1 Å². The van der Waals surface area contributed by atoms with E-state index < -0.39 is 0 Å². The van der Waals surface area contributed by atoms with Crippen LogP contribution in [0.2, 0.25) is 5.02 Å². The Hall–Kier alpha value is -1.72. The van der Waals surface area contributed by atoms with E-state index in [9.17, 15) is 4.39 Å². The number of aromatic nitrogens is 2. The maximum Gasteiger partial charge on any atom is 0.237 e. The molecule has 2 rings (SSSR count). The van der Waals surface area contributed by atoms with Gasteiger partial charge in [-0.3, -0.25) is 4.98 Å². The second-order valence-electron chi connectivity index (χ2n) is 4.50. The molecule has 6 heteroatoms. The number of nitrogens with one attached hydrogen (secondary N) is 1. The molecule has 0 aliphatic heterocycles. The molecule has 0 aliphatic carbocycles. The standard InChI is InChI=1S/C15H17ClFN3O/c1-3-18-13(14-15(21-2)20-7-6-19-14)8-10-4-5-11(17)9-12(10)16/h4-7,9,13,18H,3,8H2,1-2H3. The molecule has 0 bridgehead atoms. The summed E-state index contributed by atoms with van der Waals surface area (Å²) in [5, 5.41) is 3.73. The Morgan fingerprint density at radius 2 is 2.10 bits per heavy atom. The van der Waals surface area contributed by atoms with Crippen molar-refractivity contribution in [2.45, 2.75) is 19.4 Å². The third kappa shape index (κ3) is 3.89. The fourth-order valence-corrected chi connectivity index (χ4v) is 2.40. The van der Waals surface area contributed by atoms with Crippen molar-refractivity contribution in [1.29, 1.82) is 0 Å². The van der Waals surface area contributed by atoms with Crippen molar-refractivity contribution < 1.29 is 9.13 Å². The number of rotatable bonds is 6. The average molecular weight is 310 g/mol. The summed E-state index contributed by atoms with van der Waals surface area (Å²) >= 11 is 6.10. The van der Waals surface area contributed by atoms with Crippen molar-refractivity contribution in [2.24, 2.45) is 0 Å². The zero-order valence-corrected chi connectivity index (χ0v) is 12.7. The van der Waals surface area contributed by atoms with Crippen LogP contribution >= 0.6 is 11.6 Å². The summed E-state index contributed by atoms with van der Waals surface area (Å²) in [5.74, 6) is 0.127. The molecule has 112 valence electrons. The van der Waals surface area contributed by atoms with Crippen LogP contribution in [0.15, 0.2) is 30.6 Å². The molecule has 1 N–H and O–H groups in total. The molecule has 2 aromatic rings. The Labute approximate surface area is 128 Å². The lowest BCUT2D eigenvalue weighted by Crippen LogP contribution is -2.25. The molecule has 0 fully saturated rings. The topological polar surface area (TPSA) is 47.0 Å². The highest BCUT2D eigenvalue weighted by atomic mass is 35.5. The van der Waals surface area contributed by atoms with E-state index >= 15 is 0 Å². The first-order valence-electron chi connectivity index (χ1n) is 6.68. The lowest BCUT2D eigenvalue weighted by molar-refractivity contribution is 0.377. The molecule has 1 aromatic carbocycles. The highest BCUT2D eigenvalue weighted by Crippen LogP contribution is 2.27. The van der Waals surface area contributed by atoms with Gasteiger partial charge in [0.05, 0.1) is 13.2 Å². The summed E-state index contributed by atoms with van der Waals surface area (Å²) in [6.45, 7) is 2.76. The minimum atomic E-state index is -0.346. The van der Waals surface area contributed by atoms with Gasteiger partial charge in [0, 0.05) is 17.4 Å². The first kappa shape index (κ1) is 15.7. The number of halogens is 2. The van der Waals surface area contributed by atoms with E-state index in [4.69, 9.17) is 16.3 Å². The summed E-state index contributed by atoms with van der Waals surface area (Å²) in [4.78, 5) is 8.51. The first-order valence-corrected chi connectivity index (χ1v) is 7.05. The van der Waals surface area contributed by atoms with Gasteiger partial charge >= 0.3 is 0 Å². The summed E-state index contributed by atoms with van der Waals surface area (Å²) in [7, 11) is 1.56. The van der Waals surface area contributed by atoms with E-state index in [-0.39, 0.29) is 11.9 Å². The van der Waals surface area contributed by atoms with Crippen molar-refractivity contribution in [1.82, 2.24) is 15.3 Å². The lowest BCUT2D eigenvalue weighted by Gasteiger charge is -2.19. The summed E-state index contributed by atoms with van der Waals surface area (Å²) in [6, 6.07) is 4.29. The van der Waals surface area contributed by atoms with Gasteiger partial charge in [-0.2, -0.15) is 0 Å². The second kappa shape index (κ2) is 7.33. The van der Waals surface area contributed by atoms with Crippen LogP contribution in [0.3, 0.4) is 0 Å². The summed E-state index contributed by atoms with van der Waals surface area (Å²) in [5.41, 5.74) is 1.55. The Kier molecular flexibility index (Phi) is 5.47. The highest BCUT2D eigenvalue weighted by Gasteiger charge is 2.19. The van der Waals surface area contributed by atoms with Gasteiger partial charge in [0.1, 0.15) is 11.5 Å². The summed E-state index contributed by atoms with van der Waals surface area (Å²) < 4.78 is 18.4. The molecule has 1 heterocycles. The molecule has 0 spiro atoms. The predicted molar refractivity (Wildman–Crippen MR) is 80.1 cm³/mol. The zero-order chi connectivity index (χ0) is 15.2. The van der Waals surface area contributed by atoms with Crippen LogP contribution in [0, 0.1) is 5.82 Å². The van der Waals surface area contributed by atoms with Crippen LogP contribution in [0.1, 0.15) is 24.2 Å². The molecule has 1 unspecified atom stereocenters. The van der Waals surface area contributed by atoms with E-state index in [1.807, 2.05) is 6.92 Å². The van der Waals surface area contributed by atoms with Crippen LogP contribution < -0.4 is 10.1 Å². The Balaban J connectivity index is 2.30. The van der Waals surface area contributed by atoms with Crippen molar-refractivity contribution in [3.8, 4) is 5.88 Å². The Morgan fingerprint density at radius 1 is 1.33 bits per heavy atom. The largest absolute Gasteiger partial charge is 0.480 e. The van der Waals surface area contributed by atoms with E-state index in [0.717, 1.165) is 12.1 Å². The monoisotopic (exact) mass is 309 g/mol. The number of nitrogens with zero attached hydrogens (tertiary/aromatic N) is 2. The van der Waals surface area contributed by atoms with Crippen LogP contribution in [-0.2, 0) is 6.42 Å². The van der Waals surface area contributed by atoms with Crippen molar-refractivity contribution in [3.63, 3.8) is 0 Å². The normalized spacial score (nSPS) is 12.2. The molecule has 0 radical (unpaired) electrons. The Morgan fingerprint density at radius 3 is 2.76 bits per heavy atom. The van der Waals surface area contributed by atoms with Crippen LogP contribution in [0.25, 0.3) is 0 Å². The van der Waals surface area contributed by atoms with E-state index in [2.05, 4.69) is 15.3 Å². The molecule has 4 nitrogen and oxygen atoms in total. The number of methoxy groups -OCH3 is 1. The molecule has 1 atom stereocenters. The van der Waals surface area contributed by atoms with Gasteiger partial charge in [-0.05, 0) is 30.7 Å². The van der Waals surface area contributed by atoms with Crippen molar-refractivity contribution in [2.75, 3.05) is 13.7 Å². The molecule has 1 aromatic heterocycles. The number of hydrogen-bond donors (Lipinski definition) is 1. The minimum Gasteiger partial charge on any atom is -0.480 e. The van der Waals surface area contributed by atoms with Gasteiger partial charge in [0.25, 0.3) is 0 Å². The molecule has 0 saturated heterocycles. The quantitative estimate of drug-likeness (QED) is 0.890. The molecule has 0 amide bonds. The SMILES string of the molecule is CCNC(Cc1ccc(F)cc1Cl)c1nccnc1OC.